The largest absolute Gasteiger partial charge is 0.480 e. The molecule has 0 aromatic carbocycles. The number of rotatable bonds is 42. The van der Waals surface area contributed by atoms with E-state index in [9.17, 15) is 19.0 Å². The lowest BCUT2D eigenvalue weighted by atomic mass is 10.1. The SMILES string of the molecule is CCCCC/C=C\C/C=C\CCCCCCCC(=O)OC(COCCCCCCCCCC/C=C\CCCCCCCC)COP(=O)(O)OCC(N)C(=O)O. The summed E-state index contributed by atoms with van der Waals surface area (Å²) in [5.41, 5.74) is 5.35. The van der Waals surface area contributed by atoms with Crippen LogP contribution in [0.2, 0.25) is 0 Å². The van der Waals surface area contributed by atoms with E-state index in [1.54, 1.807) is 0 Å². The number of phosphoric acid groups is 1. The smallest absolute Gasteiger partial charge is 0.472 e. The Hall–Kier alpha value is -1.81. The zero-order valence-corrected chi connectivity index (χ0v) is 35.9. The Bertz CT molecular complexity index is 1020. The summed E-state index contributed by atoms with van der Waals surface area (Å²) >= 11 is 0. The van der Waals surface area contributed by atoms with Crippen LogP contribution in [0, 0.1) is 0 Å². The molecule has 0 aliphatic rings. The molecular formula is C44H82NO9P. The fourth-order valence-electron chi connectivity index (χ4n) is 5.92. The molecule has 0 aromatic heterocycles. The van der Waals surface area contributed by atoms with Crippen molar-refractivity contribution in [1.29, 1.82) is 0 Å². The van der Waals surface area contributed by atoms with Crippen molar-refractivity contribution in [3.05, 3.63) is 36.5 Å². The van der Waals surface area contributed by atoms with Crippen LogP contribution < -0.4 is 5.73 Å². The molecule has 0 amide bonds. The van der Waals surface area contributed by atoms with E-state index in [4.69, 9.17) is 29.4 Å². The second-order valence-corrected chi connectivity index (χ2v) is 16.3. The molecule has 0 saturated heterocycles. The minimum atomic E-state index is -4.62. The molecule has 0 aliphatic carbocycles. The second-order valence-electron chi connectivity index (χ2n) is 14.8. The van der Waals surface area contributed by atoms with E-state index in [2.05, 4.69) is 50.3 Å². The number of nitrogens with two attached hydrogens (primary N) is 1. The van der Waals surface area contributed by atoms with E-state index >= 15 is 0 Å². The highest BCUT2D eigenvalue weighted by atomic mass is 31.2. The first-order valence-electron chi connectivity index (χ1n) is 22.0. The number of carbonyl (C=O) groups excluding carboxylic acids is 1. The van der Waals surface area contributed by atoms with Gasteiger partial charge >= 0.3 is 19.8 Å². The van der Waals surface area contributed by atoms with Gasteiger partial charge in [0.2, 0.25) is 0 Å². The van der Waals surface area contributed by atoms with Crippen molar-refractivity contribution in [1.82, 2.24) is 0 Å². The van der Waals surface area contributed by atoms with Gasteiger partial charge in [0, 0.05) is 13.0 Å². The van der Waals surface area contributed by atoms with Crippen LogP contribution in [0.15, 0.2) is 36.5 Å². The molecule has 0 spiro atoms. The third kappa shape index (κ3) is 40.2. The minimum Gasteiger partial charge on any atom is -0.480 e. The molecule has 0 radical (unpaired) electrons. The first kappa shape index (κ1) is 53.2. The number of esters is 1. The van der Waals surface area contributed by atoms with Crippen LogP contribution in [0.1, 0.15) is 194 Å². The summed E-state index contributed by atoms with van der Waals surface area (Å²) in [5, 5.41) is 8.89. The molecule has 3 unspecified atom stereocenters. The summed E-state index contributed by atoms with van der Waals surface area (Å²) in [6, 6.07) is -1.48. The Morgan fingerprint density at radius 3 is 1.53 bits per heavy atom. The standard InChI is InChI=1S/C44H82NO9P/c1-3-5-7-9-11-13-15-17-19-20-21-23-25-27-29-31-33-35-37-51-38-41(39-52-55(49,50)53-40-42(45)44(47)48)54-43(46)36-34-32-30-28-26-24-22-18-16-14-12-10-8-6-4-2/h12,14,17-19,22,41-42H,3-11,13,15-16,20-21,23-40,45H2,1-2H3,(H,47,48)(H,49,50)/b14-12-,19-17-,22-18-. The molecule has 0 aromatic rings. The first-order chi connectivity index (χ1) is 26.7. The lowest BCUT2D eigenvalue weighted by molar-refractivity contribution is -0.154. The van der Waals surface area contributed by atoms with Gasteiger partial charge in [0.05, 0.1) is 19.8 Å². The van der Waals surface area contributed by atoms with Gasteiger partial charge in [0.1, 0.15) is 12.1 Å². The minimum absolute atomic E-state index is 0.00987. The maximum absolute atomic E-state index is 12.6. The van der Waals surface area contributed by atoms with Crippen LogP contribution in [-0.4, -0.2) is 60.5 Å². The third-order valence-corrected chi connectivity index (χ3v) is 10.3. The third-order valence-electron chi connectivity index (χ3n) is 9.39. The van der Waals surface area contributed by atoms with Gasteiger partial charge in [-0.05, 0) is 70.6 Å². The predicted molar refractivity (Wildman–Crippen MR) is 226 cm³/mol. The molecule has 0 saturated carbocycles. The van der Waals surface area contributed by atoms with Crippen molar-refractivity contribution >= 4 is 19.8 Å². The average molecular weight is 800 g/mol. The van der Waals surface area contributed by atoms with Crippen LogP contribution >= 0.6 is 7.82 Å². The Morgan fingerprint density at radius 1 is 0.582 bits per heavy atom. The van der Waals surface area contributed by atoms with Crippen LogP contribution in [0.3, 0.4) is 0 Å². The zero-order valence-electron chi connectivity index (χ0n) is 35.0. The summed E-state index contributed by atoms with van der Waals surface area (Å²) in [4.78, 5) is 33.5. The highest BCUT2D eigenvalue weighted by molar-refractivity contribution is 7.47. The summed E-state index contributed by atoms with van der Waals surface area (Å²) in [6.07, 6.45) is 44.8. The number of aliphatic carboxylic acids is 1. The Balaban J connectivity index is 4.25. The molecule has 0 rings (SSSR count). The van der Waals surface area contributed by atoms with Gasteiger partial charge in [-0.2, -0.15) is 0 Å². The first-order valence-corrected chi connectivity index (χ1v) is 23.5. The molecule has 11 heteroatoms. The highest BCUT2D eigenvalue weighted by Crippen LogP contribution is 2.43. The van der Waals surface area contributed by atoms with E-state index in [1.165, 1.54) is 109 Å². The number of hydrogen-bond donors (Lipinski definition) is 3. The molecular weight excluding hydrogens is 717 g/mol. The number of allylic oxidation sites excluding steroid dienone is 6. The number of ether oxygens (including phenoxy) is 2. The quantitative estimate of drug-likeness (QED) is 0.0235. The van der Waals surface area contributed by atoms with Gasteiger partial charge in [-0.15, -0.1) is 0 Å². The fourth-order valence-corrected chi connectivity index (χ4v) is 6.70. The molecule has 55 heavy (non-hydrogen) atoms. The number of carboxylic acid groups (broad SMARTS) is 1. The topological polar surface area (TPSA) is 155 Å². The summed E-state index contributed by atoms with van der Waals surface area (Å²) in [6.45, 7) is 3.83. The van der Waals surface area contributed by atoms with E-state index in [0.29, 0.717) is 13.0 Å². The van der Waals surface area contributed by atoms with Gasteiger partial charge in [-0.1, -0.05) is 153 Å². The molecule has 322 valence electrons. The Morgan fingerprint density at radius 2 is 1.00 bits per heavy atom. The van der Waals surface area contributed by atoms with Crippen molar-refractivity contribution in [2.24, 2.45) is 5.73 Å². The molecule has 10 nitrogen and oxygen atoms in total. The van der Waals surface area contributed by atoms with Crippen molar-refractivity contribution in [3.63, 3.8) is 0 Å². The van der Waals surface area contributed by atoms with E-state index in [1.807, 2.05) is 0 Å². The molecule has 0 bridgehead atoms. The van der Waals surface area contributed by atoms with Crippen LogP contribution in [0.25, 0.3) is 0 Å². The maximum atomic E-state index is 12.6. The Kier molecular flexibility index (Phi) is 39.1. The predicted octanol–water partition coefficient (Wildman–Crippen LogP) is 12.1. The monoisotopic (exact) mass is 800 g/mol. The number of unbranched alkanes of at least 4 members (excludes halogenated alkanes) is 22. The zero-order chi connectivity index (χ0) is 40.5. The van der Waals surface area contributed by atoms with Crippen molar-refractivity contribution in [2.75, 3.05) is 26.4 Å². The van der Waals surface area contributed by atoms with Gasteiger partial charge < -0.3 is 25.2 Å². The van der Waals surface area contributed by atoms with Crippen molar-refractivity contribution in [2.45, 2.75) is 206 Å². The number of carboxylic acids is 1. The summed E-state index contributed by atoms with van der Waals surface area (Å²) < 4.78 is 33.3. The average Bonchev–Trinajstić information content (AvgIpc) is 3.16. The van der Waals surface area contributed by atoms with Gasteiger partial charge in [-0.3, -0.25) is 18.6 Å². The molecule has 0 heterocycles. The lowest BCUT2D eigenvalue weighted by Gasteiger charge is -2.20. The maximum Gasteiger partial charge on any atom is 0.472 e. The molecule has 0 aliphatic heterocycles. The normalized spacial score (nSPS) is 14.3. The van der Waals surface area contributed by atoms with Crippen LogP contribution in [0.4, 0.5) is 0 Å². The number of hydrogen-bond acceptors (Lipinski definition) is 8. The van der Waals surface area contributed by atoms with E-state index in [0.717, 1.165) is 57.8 Å². The summed E-state index contributed by atoms with van der Waals surface area (Å²) in [5.74, 6) is -1.79. The number of phosphoric ester groups is 1. The second kappa shape index (κ2) is 40.4. The molecule has 3 atom stereocenters. The van der Waals surface area contributed by atoms with Crippen LogP contribution in [-0.2, 0) is 32.7 Å². The van der Waals surface area contributed by atoms with Gasteiger partial charge in [0.25, 0.3) is 0 Å². The Labute approximate surface area is 336 Å². The highest BCUT2D eigenvalue weighted by Gasteiger charge is 2.27. The van der Waals surface area contributed by atoms with E-state index < -0.39 is 45.1 Å². The van der Waals surface area contributed by atoms with Gasteiger partial charge in [-0.25, -0.2) is 4.57 Å². The lowest BCUT2D eigenvalue weighted by Crippen LogP contribution is -2.34. The van der Waals surface area contributed by atoms with Crippen LogP contribution in [0.5, 0.6) is 0 Å². The van der Waals surface area contributed by atoms with Crippen molar-refractivity contribution in [3.8, 4) is 0 Å². The van der Waals surface area contributed by atoms with E-state index in [-0.39, 0.29) is 13.0 Å². The van der Waals surface area contributed by atoms with Crippen molar-refractivity contribution < 1.29 is 42.7 Å². The summed E-state index contributed by atoms with van der Waals surface area (Å²) in [7, 11) is -4.62. The number of carbonyl (C=O) groups is 2. The molecule has 4 N–H and O–H groups in total. The molecule has 0 fully saturated rings. The fraction of sp³-hybridized carbons (Fsp3) is 0.818. The van der Waals surface area contributed by atoms with Gasteiger partial charge in [0.15, 0.2) is 0 Å².